The van der Waals surface area contributed by atoms with Crippen LogP contribution in [0.3, 0.4) is 0 Å². The monoisotopic (exact) mass is 376 g/mol. The van der Waals surface area contributed by atoms with Gasteiger partial charge in [0.25, 0.3) is 0 Å². The molecule has 0 bridgehead atoms. The molecule has 1 aliphatic rings. The molecule has 2 aromatic carbocycles. The van der Waals surface area contributed by atoms with Crippen molar-refractivity contribution in [1.29, 1.82) is 0 Å². The molecule has 1 saturated heterocycles. The lowest BCUT2D eigenvalue weighted by atomic mass is 10.2. The van der Waals surface area contributed by atoms with Crippen molar-refractivity contribution in [3.8, 4) is 0 Å². The van der Waals surface area contributed by atoms with E-state index in [1.807, 2.05) is 19.9 Å². The Labute approximate surface area is 152 Å². The lowest BCUT2D eigenvalue weighted by Gasteiger charge is -2.18. The van der Waals surface area contributed by atoms with Gasteiger partial charge in [0.1, 0.15) is 11.9 Å². The zero-order chi connectivity index (χ0) is 19.1. The molecule has 1 atom stereocenters. The highest BCUT2D eigenvalue weighted by Crippen LogP contribution is 2.25. The van der Waals surface area contributed by atoms with E-state index >= 15 is 0 Å². The molecular weight excluding hydrogens is 355 g/mol. The molecule has 1 amide bonds. The Hall–Kier alpha value is -2.25. The quantitative estimate of drug-likeness (QED) is 0.892. The number of carbonyl (C=O) groups excluding carboxylic acids is 1. The Morgan fingerprint density at radius 3 is 2.35 bits per heavy atom. The highest BCUT2D eigenvalue weighted by atomic mass is 32.2. The molecule has 138 valence electrons. The molecule has 0 unspecified atom stereocenters. The third kappa shape index (κ3) is 3.64. The van der Waals surface area contributed by atoms with Gasteiger partial charge in [0.05, 0.1) is 4.90 Å². The SMILES string of the molecule is Cc1cc(C)cc(S(=O)(=O)N[C@@H]2CCN(c3ccc(F)c(C)c3)C2=O)c1. The summed E-state index contributed by atoms with van der Waals surface area (Å²) in [6.07, 6.45) is 0.360. The summed E-state index contributed by atoms with van der Waals surface area (Å²) in [5.41, 5.74) is 2.69. The van der Waals surface area contributed by atoms with E-state index in [-0.39, 0.29) is 16.6 Å². The molecule has 1 aliphatic heterocycles. The maximum absolute atomic E-state index is 13.4. The van der Waals surface area contributed by atoms with Gasteiger partial charge in [-0.05, 0) is 74.2 Å². The van der Waals surface area contributed by atoms with Crippen LogP contribution in [0.15, 0.2) is 41.3 Å². The van der Waals surface area contributed by atoms with E-state index in [0.717, 1.165) is 11.1 Å². The zero-order valence-electron chi connectivity index (χ0n) is 14.9. The molecule has 0 radical (unpaired) electrons. The van der Waals surface area contributed by atoms with Gasteiger partial charge < -0.3 is 4.90 Å². The first kappa shape index (κ1) is 18.5. The number of halogens is 1. The van der Waals surface area contributed by atoms with Crippen LogP contribution in [-0.4, -0.2) is 26.9 Å². The summed E-state index contributed by atoms with van der Waals surface area (Å²) >= 11 is 0. The third-order valence-corrected chi connectivity index (χ3v) is 5.91. The first-order chi connectivity index (χ1) is 12.2. The van der Waals surface area contributed by atoms with E-state index in [2.05, 4.69) is 4.72 Å². The fourth-order valence-corrected chi connectivity index (χ4v) is 4.60. The van der Waals surface area contributed by atoms with Crippen molar-refractivity contribution in [3.05, 3.63) is 58.9 Å². The van der Waals surface area contributed by atoms with E-state index in [9.17, 15) is 17.6 Å². The lowest BCUT2D eigenvalue weighted by molar-refractivity contribution is -0.118. The minimum Gasteiger partial charge on any atom is -0.311 e. The van der Waals surface area contributed by atoms with Crippen molar-refractivity contribution in [1.82, 2.24) is 4.72 Å². The van der Waals surface area contributed by atoms with Crippen LogP contribution >= 0.6 is 0 Å². The lowest BCUT2D eigenvalue weighted by Crippen LogP contribution is -2.41. The first-order valence-corrected chi connectivity index (χ1v) is 9.84. The van der Waals surface area contributed by atoms with Crippen molar-refractivity contribution in [2.75, 3.05) is 11.4 Å². The van der Waals surface area contributed by atoms with Crippen molar-refractivity contribution in [2.45, 2.75) is 38.1 Å². The highest BCUT2D eigenvalue weighted by molar-refractivity contribution is 7.89. The normalized spacial score (nSPS) is 17.8. The zero-order valence-corrected chi connectivity index (χ0v) is 15.7. The van der Waals surface area contributed by atoms with E-state index in [1.165, 1.54) is 17.0 Å². The number of aryl methyl sites for hydroxylation is 3. The van der Waals surface area contributed by atoms with Gasteiger partial charge in [0.2, 0.25) is 15.9 Å². The Balaban J connectivity index is 1.81. The van der Waals surface area contributed by atoms with Crippen LogP contribution in [0.2, 0.25) is 0 Å². The van der Waals surface area contributed by atoms with Gasteiger partial charge in [-0.15, -0.1) is 0 Å². The van der Waals surface area contributed by atoms with Crippen molar-refractivity contribution >= 4 is 21.6 Å². The van der Waals surface area contributed by atoms with Crippen molar-refractivity contribution < 1.29 is 17.6 Å². The molecule has 0 aromatic heterocycles. The third-order valence-electron chi connectivity index (χ3n) is 4.46. The second kappa shape index (κ2) is 6.81. The largest absolute Gasteiger partial charge is 0.311 e. The van der Waals surface area contributed by atoms with E-state index < -0.39 is 16.1 Å². The molecule has 5 nitrogen and oxygen atoms in total. The molecule has 0 spiro atoms. The number of anilines is 1. The predicted octanol–water partition coefficient (Wildman–Crippen LogP) is 2.83. The van der Waals surface area contributed by atoms with Gasteiger partial charge in [-0.1, -0.05) is 6.07 Å². The second-order valence-corrected chi connectivity index (χ2v) is 8.42. The molecule has 0 aliphatic carbocycles. The number of hydrogen-bond acceptors (Lipinski definition) is 3. The van der Waals surface area contributed by atoms with Gasteiger partial charge in [-0.25, -0.2) is 12.8 Å². The van der Waals surface area contributed by atoms with Crippen LogP contribution in [0.4, 0.5) is 10.1 Å². The molecule has 2 aromatic rings. The molecule has 3 rings (SSSR count). The summed E-state index contributed by atoms with van der Waals surface area (Å²) in [5.74, 6) is -0.670. The number of benzene rings is 2. The number of nitrogens with one attached hydrogen (secondary N) is 1. The molecule has 1 N–H and O–H groups in total. The van der Waals surface area contributed by atoms with Crippen LogP contribution in [0.1, 0.15) is 23.1 Å². The smallest absolute Gasteiger partial charge is 0.245 e. The molecule has 26 heavy (non-hydrogen) atoms. The molecule has 0 saturated carbocycles. The van der Waals surface area contributed by atoms with Gasteiger partial charge >= 0.3 is 0 Å². The number of amides is 1. The van der Waals surface area contributed by atoms with Gasteiger partial charge in [0, 0.05) is 12.2 Å². The number of nitrogens with zero attached hydrogens (tertiary/aromatic N) is 1. The van der Waals surface area contributed by atoms with E-state index in [0.29, 0.717) is 24.2 Å². The Morgan fingerprint density at radius 1 is 1.08 bits per heavy atom. The Bertz CT molecular complexity index is 952. The molecule has 1 heterocycles. The fourth-order valence-electron chi connectivity index (χ4n) is 3.19. The van der Waals surface area contributed by atoms with E-state index in [4.69, 9.17) is 0 Å². The maximum Gasteiger partial charge on any atom is 0.245 e. The topological polar surface area (TPSA) is 66.5 Å². The summed E-state index contributed by atoms with van der Waals surface area (Å²) in [5, 5.41) is 0. The summed E-state index contributed by atoms with van der Waals surface area (Å²) in [6, 6.07) is 8.65. The number of carbonyl (C=O) groups is 1. The van der Waals surface area contributed by atoms with Crippen molar-refractivity contribution in [2.24, 2.45) is 0 Å². The standard InChI is InChI=1S/C19H21FN2O3S/c1-12-8-13(2)10-16(9-12)26(24,25)21-18-6-7-22(19(18)23)15-4-5-17(20)14(3)11-15/h4-5,8-11,18,21H,6-7H2,1-3H3/t18-/m1/s1. The summed E-state index contributed by atoms with van der Waals surface area (Å²) in [4.78, 5) is 14.3. The maximum atomic E-state index is 13.4. The fraction of sp³-hybridized carbons (Fsp3) is 0.316. The minimum absolute atomic E-state index is 0.152. The molecule has 7 heteroatoms. The van der Waals surface area contributed by atoms with E-state index in [1.54, 1.807) is 25.1 Å². The molecule has 1 fully saturated rings. The van der Waals surface area contributed by atoms with Crippen LogP contribution in [0.5, 0.6) is 0 Å². The average Bonchev–Trinajstić information content (AvgIpc) is 2.89. The Morgan fingerprint density at radius 2 is 1.73 bits per heavy atom. The number of hydrogen-bond donors (Lipinski definition) is 1. The van der Waals surface area contributed by atoms with Crippen LogP contribution in [0.25, 0.3) is 0 Å². The number of sulfonamides is 1. The summed E-state index contributed by atoms with van der Waals surface area (Å²) < 4.78 is 41.2. The summed E-state index contributed by atoms with van der Waals surface area (Å²) in [6.45, 7) is 5.65. The Kier molecular flexibility index (Phi) is 4.86. The second-order valence-electron chi connectivity index (χ2n) is 6.71. The number of rotatable bonds is 4. The van der Waals surface area contributed by atoms with Gasteiger partial charge in [-0.2, -0.15) is 4.72 Å². The van der Waals surface area contributed by atoms with Crippen LogP contribution in [-0.2, 0) is 14.8 Å². The average molecular weight is 376 g/mol. The summed E-state index contributed by atoms with van der Waals surface area (Å²) in [7, 11) is -3.80. The van der Waals surface area contributed by atoms with Gasteiger partial charge in [0.15, 0.2) is 0 Å². The van der Waals surface area contributed by atoms with Crippen LogP contribution in [0, 0.1) is 26.6 Å². The minimum atomic E-state index is -3.80. The van der Waals surface area contributed by atoms with Crippen molar-refractivity contribution in [3.63, 3.8) is 0 Å². The molecular formula is C19H21FN2O3S. The highest BCUT2D eigenvalue weighted by Gasteiger charge is 2.35. The first-order valence-electron chi connectivity index (χ1n) is 8.35. The van der Waals surface area contributed by atoms with Crippen LogP contribution < -0.4 is 9.62 Å². The predicted molar refractivity (Wildman–Crippen MR) is 98.1 cm³/mol. The van der Waals surface area contributed by atoms with Gasteiger partial charge in [-0.3, -0.25) is 4.79 Å².